The Morgan fingerprint density at radius 1 is 1.30 bits per heavy atom. The van der Waals surface area contributed by atoms with Crippen molar-refractivity contribution in [3.8, 4) is 17.2 Å². The van der Waals surface area contributed by atoms with E-state index < -0.39 is 0 Å². The van der Waals surface area contributed by atoms with Gasteiger partial charge in [0.25, 0.3) is 5.89 Å². The second-order valence-electron chi connectivity index (χ2n) is 5.05. The van der Waals surface area contributed by atoms with Crippen LogP contribution in [0.15, 0.2) is 28.8 Å². The molecule has 0 amide bonds. The maximum absolute atomic E-state index is 5.39. The third-order valence-electron chi connectivity index (χ3n) is 3.63. The average molecular weight is 273 g/mol. The number of rotatable bonds is 3. The van der Waals surface area contributed by atoms with Gasteiger partial charge in [-0.1, -0.05) is 24.1 Å². The number of hydrogen-bond donors (Lipinski definition) is 1. The molecule has 0 saturated carbocycles. The molecule has 5 heteroatoms. The number of aromatic nitrogens is 2. The van der Waals surface area contributed by atoms with Gasteiger partial charge in [-0.05, 0) is 37.6 Å². The SMILES string of the molecule is COc1cccc(-c2nc(C3CCCCCN3)no2)c1. The molecular formula is C15H19N3O2. The molecule has 2 heterocycles. The van der Waals surface area contributed by atoms with Crippen LogP contribution in [0.1, 0.15) is 37.5 Å². The van der Waals surface area contributed by atoms with Crippen molar-refractivity contribution in [3.05, 3.63) is 30.1 Å². The highest BCUT2D eigenvalue weighted by Gasteiger charge is 2.20. The van der Waals surface area contributed by atoms with Crippen LogP contribution >= 0.6 is 0 Å². The van der Waals surface area contributed by atoms with Gasteiger partial charge >= 0.3 is 0 Å². The molecule has 1 saturated heterocycles. The van der Waals surface area contributed by atoms with E-state index in [1.807, 2.05) is 24.3 Å². The van der Waals surface area contributed by atoms with Gasteiger partial charge in [0.05, 0.1) is 13.2 Å². The number of benzene rings is 1. The van der Waals surface area contributed by atoms with E-state index in [0.29, 0.717) is 5.89 Å². The highest BCUT2D eigenvalue weighted by atomic mass is 16.5. The van der Waals surface area contributed by atoms with Crippen LogP contribution in [0.3, 0.4) is 0 Å². The molecule has 0 bridgehead atoms. The number of ether oxygens (including phenoxy) is 1. The normalized spacial score (nSPS) is 19.6. The predicted octanol–water partition coefficient (Wildman–Crippen LogP) is 2.95. The second kappa shape index (κ2) is 6.05. The zero-order valence-corrected chi connectivity index (χ0v) is 11.6. The first-order valence-corrected chi connectivity index (χ1v) is 7.08. The second-order valence-corrected chi connectivity index (χ2v) is 5.05. The summed E-state index contributed by atoms with van der Waals surface area (Å²) >= 11 is 0. The molecule has 1 aliphatic rings. The van der Waals surface area contributed by atoms with E-state index in [-0.39, 0.29) is 6.04 Å². The van der Waals surface area contributed by atoms with E-state index >= 15 is 0 Å². The van der Waals surface area contributed by atoms with Crippen LogP contribution in [0.2, 0.25) is 0 Å². The molecule has 1 N–H and O–H groups in total. The molecule has 3 rings (SSSR count). The first-order valence-electron chi connectivity index (χ1n) is 7.08. The van der Waals surface area contributed by atoms with E-state index in [0.717, 1.165) is 30.1 Å². The quantitative estimate of drug-likeness (QED) is 0.931. The highest BCUT2D eigenvalue weighted by Crippen LogP contribution is 2.25. The Morgan fingerprint density at radius 3 is 3.15 bits per heavy atom. The lowest BCUT2D eigenvalue weighted by Gasteiger charge is -2.09. The van der Waals surface area contributed by atoms with Gasteiger partial charge < -0.3 is 14.6 Å². The summed E-state index contributed by atoms with van der Waals surface area (Å²) in [6.07, 6.45) is 4.76. The predicted molar refractivity (Wildman–Crippen MR) is 75.5 cm³/mol. The first kappa shape index (κ1) is 13.1. The lowest BCUT2D eigenvalue weighted by Crippen LogP contribution is -2.21. The van der Waals surface area contributed by atoms with Crippen molar-refractivity contribution in [3.63, 3.8) is 0 Å². The largest absolute Gasteiger partial charge is 0.497 e. The van der Waals surface area contributed by atoms with Crippen LogP contribution in [0.5, 0.6) is 5.75 Å². The maximum Gasteiger partial charge on any atom is 0.258 e. The van der Waals surface area contributed by atoms with Crippen LogP contribution in [-0.2, 0) is 0 Å². The Bertz CT molecular complexity index is 560. The fourth-order valence-corrected chi connectivity index (χ4v) is 2.50. The minimum atomic E-state index is 0.209. The number of hydrogen-bond acceptors (Lipinski definition) is 5. The topological polar surface area (TPSA) is 60.2 Å². The van der Waals surface area contributed by atoms with E-state index in [1.165, 1.54) is 19.3 Å². The standard InChI is InChI=1S/C15H19N3O2/c1-19-12-7-5-6-11(10-12)15-17-14(18-20-15)13-8-3-2-4-9-16-13/h5-7,10,13,16H,2-4,8-9H2,1H3. The molecule has 0 aliphatic carbocycles. The minimum Gasteiger partial charge on any atom is -0.497 e. The van der Waals surface area contributed by atoms with Gasteiger partial charge in [0.2, 0.25) is 0 Å². The van der Waals surface area contributed by atoms with Crippen molar-refractivity contribution in [1.29, 1.82) is 0 Å². The fourth-order valence-electron chi connectivity index (χ4n) is 2.50. The molecule has 1 atom stereocenters. The molecule has 106 valence electrons. The Kier molecular flexibility index (Phi) is 3.97. The maximum atomic E-state index is 5.39. The van der Waals surface area contributed by atoms with Crippen LogP contribution in [0.25, 0.3) is 11.5 Å². The average Bonchev–Trinajstić information content (AvgIpc) is 2.83. The molecule has 5 nitrogen and oxygen atoms in total. The van der Waals surface area contributed by atoms with Crippen molar-refractivity contribution in [1.82, 2.24) is 15.5 Å². The fraction of sp³-hybridized carbons (Fsp3) is 0.467. The van der Waals surface area contributed by atoms with E-state index in [2.05, 4.69) is 15.5 Å². The molecule has 1 aromatic carbocycles. The van der Waals surface area contributed by atoms with Crippen LogP contribution in [0.4, 0.5) is 0 Å². The summed E-state index contributed by atoms with van der Waals surface area (Å²) in [6.45, 7) is 1.02. The molecule has 1 aromatic heterocycles. The summed E-state index contributed by atoms with van der Waals surface area (Å²) in [6, 6.07) is 7.87. The molecule has 20 heavy (non-hydrogen) atoms. The Labute approximate surface area is 118 Å². The van der Waals surface area contributed by atoms with E-state index in [4.69, 9.17) is 9.26 Å². The van der Waals surface area contributed by atoms with Crippen molar-refractivity contribution >= 4 is 0 Å². The van der Waals surface area contributed by atoms with Gasteiger partial charge in [0.15, 0.2) is 5.82 Å². The van der Waals surface area contributed by atoms with Crippen molar-refractivity contribution < 1.29 is 9.26 Å². The Morgan fingerprint density at radius 2 is 2.25 bits per heavy atom. The van der Waals surface area contributed by atoms with E-state index in [1.54, 1.807) is 7.11 Å². The molecule has 1 fully saturated rings. The molecular weight excluding hydrogens is 254 g/mol. The van der Waals surface area contributed by atoms with Gasteiger partial charge in [-0.25, -0.2) is 0 Å². The summed E-state index contributed by atoms with van der Waals surface area (Å²) in [7, 11) is 1.65. The Hall–Kier alpha value is -1.88. The van der Waals surface area contributed by atoms with Gasteiger partial charge in [0.1, 0.15) is 5.75 Å². The summed E-state index contributed by atoms with van der Waals surface area (Å²) in [5.74, 6) is 2.09. The molecule has 0 spiro atoms. The summed E-state index contributed by atoms with van der Waals surface area (Å²) < 4.78 is 10.6. The van der Waals surface area contributed by atoms with Crippen LogP contribution in [0, 0.1) is 0 Å². The van der Waals surface area contributed by atoms with E-state index in [9.17, 15) is 0 Å². The van der Waals surface area contributed by atoms with Crippen molar-refractivity contribution in [2.24, 2.45) is 0 Å². The first-order chi connectivity index (χ1) is 9.86. The molecule has 1 aliphatic heterocycles. The van der Waals surface area contributed by atoms with Crippen molar-refractivity contribution in [2.45, 2.75) is 31.7 Å². The Balaban J connectivity index is 1.81. The summed E-state index contributed by atoms with van der Waals surface area (Å²) in [4.78, 5) is 4.53. The monoisotopic (exact) mass is 273 g/mol. The molecule has 1 unspecified atom stereocenters. The van der Waals surface area contributed by atoms with Crippen LogP contribution < -0.4 is 10.1 Å². The number of nitrogens with zero attached hydrogens (tertiary/aromatic N) is 2. The lowest BCUT2D eigenvalue weighted by molar-refractivity contribution is 0.401. The third-order valence-corrected chi connectivity index (χ3v) is 3.63. The van der Waals surface area contributed by atoms with Gasteiger partial charge in [0, 0.05) is 5.56 Å². The molecule has 0 radical (unpaired) electrons. The number of methoxy groups -OCH3 is 1. The summed E-state index contributed by atoms with van der Waals surface area (Å²) in [5.41, 5.74) is 0.886. The third kappa shape index (κ3) is 2.82. The smallest absolute Gasteiger partial charge is 0.258 e. The zero-order chi connectivity index (χ0) is 13.8. The van der Waals surface area contributed by atoms with Crippen LogP contribution in [-0.4, -0.2) is 23.8 Å². The van der Waals surface area contributed by atoms with Gasteiger partial charge in [-0.2, -0.15) is 4.98 Å². The number of nitrogens with one attached hydrogen (secondary N) is 1. The lowest BCUT2D eigenvalue weighted by atomic mass is 10.1. The summed E-state index contributed by atoms with van der Waals surface area (Å²) in [5, 5.41) is 7.60. The highest BCUT2D eigenvalue weighted by molar-refractivity contribution is 5.55. The van der Waals surface area contributed by atoms with Crippen molar-refractivity contribution in [2.75, 3.05) is 13.7 Å². The van der Waals surface area contributed by atoms with Gasteiger partial charge in [-0.15, -0.1) is 0 Å². The molecule has 2 aromatic rings. The minimum absolute atomic E-state index is 0.209. The zero-order valence-electron chi connectivity index (χ0n) is 11.6. The van der Waals surface area contributed by atoms with Gasteiger partial charge in [-0.3, -0.25) is 0 Å².